The summed E-state index contributed by atoms with van der Waals surface area (Å²) in [6.45, 7) is 8.68. The molecule has 0 saturated heterocycles. The first kappa shape index (κ1) is 21.2. The van der Waals surface area contributed by atoms with E-state index in [-0.39, 0.29) is 12.0 Å². The van der Waals surface area contributed by atoms with E-state index in [9.17, 15) is 19.5 Å². The number of nitrogens with one attached hydrogen (secondary N) is 1. The fourth-order valence-electron chi connectivity index (χ4n) is 3.35. The summed E-state index contributed by atoms with van der Waals surface area (Å²) in [6.07, 6.45) is 5.21. The lowest BCUT2D eigenvalue weighted by Gasteiger charge is -2.36. The molecular formula is C20H26NO5S-. The number of carbonyl (C=O) groups excluding carboxylic acids is 3. The molecule has 1 aromatic heterocycles. The normalized spacial score (nSPS) is 16.8. The fraction of sp³-hybridized carbons (Fsp3) is 0.550. The maximum atomic E-state index is 12.5. The van der Waals surface area contributed by atoms with Gasteiger partial charge >= 0.3 is 5.97 Å². The molecule has 7 heteroatoms. The summed E-state index contributed by atoms with van der Waals surface area (Å²) >= 11 is 1.38. The molecule has 0 unspecified atom stereocenters. The third kappa shape index (κ3) is 4.97. The Hall–Kier alpha value is -2.15. The van der Waals surface area contributed by atoms with Crippen molar-refractivity contribution in [3.63, 3.8) is 0 Å². The number of thiophene rings is 1. The van der Waals surface area contributed by atoms with Gasteiger partial charge in [-0.05, 0) is 49.2 Å². The minimum absolute atomic E-state index is 0.201. The summed E-state index contributed by atoms with van der Waals surface area (Å²) < 4.78 is 5.18. The maximum absolute atomic E-state index is 12.5. The van der Waals surface area contributed by atoms with Crippen LogP contribution in [0.2, 0.25) is 0 Å². The third-order valence-electron chi connectivity index (χ3n) is 5.37. The predicted molar refractivity (Wildman–Crippen MR) is 103 cm³/mol. The molecule has 0 fully saturated rings. The molecule has 1 amide bonds. The van der Waals surface area contributed by atoms with E-state index < -0.39 is 17.8 Å². The molecule has 1 N–H and O–H groups in total. The second kappa shape index (κ2) is 8.69. The summed E-state index contributed by atoms with van der Waals surface area (Å²) in [7, 11) is 0. The SMILES string of the molecule is CCOC(=O)c1c(NC(=O)/C=C/C(=O)[O-])sc2c1CC[C@H](C(C)(C)CC)C2. The lowest BCUT2D eigenvalue weighted by molar-refractivity contribution is -0.297. The highest BCUT2D eigenvalue weighted by molar-refractivity contribution is 7.17. The van der Waals surface area contributed by atoms with Gasteiger partial charge in [0.25, 0.3) is 0 Å². The van der Waals surface area contributed by atoms with E-state index in [0.29, 0.717) is 22.6 Å². The number of aliphatic carboxylic acids is 1. The van der Waals surface area contributed by atoms with Gasteiger partial charge in [-0.15, -0.1) is 11.3 Å². The predicted octanol–water partition coefficient (Wildman–Crippen LogP) is 2.71. The number of carboxylic acids is 1. The number of anilines is 1. The molecule has 6 nitrogen and oxygen atoms in total. The number of carboxylic acid groups (broad SMARTS) is 1. The van der Waals surface area contributed by atoms with E-state index in [1.807, 2.05) is 0 Å². The molecule has 0 spiro atoms. The molecule has 1 heterocycles. The Bertz CT molecular complexity index is 763. The molecule has 1 atom stereocenters. The van der Waals surface area contributed by atoms with Crippen molar-refractivity contribution in [1.82, 2.24) is 0 Å². The van der Waals surface area contributed by atoms with Crippen molar-refractivity contribution >= 4 is 34.2 Å². The molecule has 0 aromatic carbocycles. The molecule has 1 aromatic rings. The van der Waals surface area contributed by atoms with Gasteiger partial charge in [-0.2, -0.15) is 0 Å². The minimum Gasteiger partial charge on any atom is -0.545 e. The monoisotopic (exact) mass is 392 g/mol. The molecule has 2 rings (SSSR count). The Balaban J connectivity index is 2.35. The first-order valence-electron chi connectivity index (χ1n) is 9.21. The average molecular weight is 392 g/mol. The van der Waals surface area contributed by atoms with Gasteiger partial charge in [-0.25, -0.2) is 4.79 Å². The highest BCUT2D eigenvalue weighted by atomic mass is 32.1. The zero-order valence-corrected chi connectivity index (χ0v) is 17.0. The number of hydrogen-bond donors (Lipinski definition) is 1. The van der Waals surface area contributed by atoms with Gasteiger partial charge in [0.05, 0.1) is 18.1 Å². The number of fused-ring (bicyclic) bond motifs is 1. The number of rotatable bonds is 7. The van der Waals surface area contributed by atoms with Crippen LogP contribution in [0.4, 0.5) is 5.00 Å². The minimum atomic E-state index is -1.45. The first-order valence-corrected chi connectivity index (χ1v) is 10.0. The molecule has 1 aliphatic rings. The highest BCUT2D eigenvalue weighted by Gasteiger charge is 2.35. The Morgan fingerprint density at radius 1 is 1.30 bits per heavy atom. The van der Waals surface area contributed by atoms with E-state index in [4.69, 9.17) is 4.74 Å². The van der Waals surface area contributed by atoms with Crippen LogP contribution in [0.1, 0.15) is 61.3 Å². The van der Waals surface area contributed by atoms with Crippen LogP contribution in [0, 0.1) is 11.3 Å². The Kier molecular flexibility index (Phi) is 6.81. The summed E-state index contributed by atoms with van der Waals surface area (Å²) in [5.41, 5.74) is 1.55. The van der Waals surface area contributed by atoms with Crippen molar-refractivity contribution in [3.8, 4) is 0 Å². The molecule has 0 radical (unpaired) electrons. The summed E-state index contributed by atoms with van der Waals surface area (Å²) in [4.78, 5) is 36.1. The quantitative estimate of drug-likeness (QED) is 0.569. The number of ether oxygens (including phenoxy) is 1. The fourth-order valence-corrected chi connectivity index (χ4v) is 4.66. The summed E-state index contributed by atoms with van der Waals surface area (Å²) in [5.74, 6) is -2.02. The van der Waals surface area contributed by atoms with Crippen molar-refractivity contribution in [3.05, 3.63) is 28.2 Å². The van der Waals surface area contributed by atoms with Crippen LogP contribution in [0.3, 0.4) is 0 Å². The average Bonchev–Trinajstić information content (AvgIpc) is 2.97. The molecule has 1 aliphatic carbocycles. The van der Waals surface area contributed by atoms with Crippen LogP contribution in [-0.2, 0) is 27.2 Å². The van der Waals surface area contributed by atoms with Gasteiger partial charge in [0.1, 0.15) is 5.00 Å². The van der Waals surface area contributed by atoms with Crippen molar-refractivity contribution < 1.29 is 24.2 Å². The first-order chi connectivity index (χ1) is 12.7. The van der Waals surface area contributed by atoms with E-state index in [0.717, 1.165) is 42.2 Å². The van der Waals surface area contributed by atoms with Crippen LogP contribution in [0.15, 0.2) is 12.2 Å². The largest absolute Gasteiger partial charge is 0.545 e. The molecule has 148 valence electrons. The number of esters is 1. The van der Waals surface area contributed by atoms with Crippen molar-refractivity contribution in [1.29, 1.82) is 0 Å². The molecule has 0 saturated carbocycles. The number of amides is 1. The Labute approximate surface area is 163 Å². The van der Waals surface area contributed by atoms with Crippen LogP contribution in [0.25, 0.3) is 0 Å². The molecule has 0 bridgehead atoms. The highest BCUT2D eigenvalue weighted by Crippen LogP contribution is 2.45. The maximum Gasteiger partial charge on any atom is 0.341 e. The number of carbonyl (C=O) groups is 3. The van der Waals surface area contributed by atoms with Crippen LogP contribution < -0.4 is 10.4 Å². The van der Waals surface area contributed by atoms with Gasteiger partial charge < -0.3 is 20.0 Å². The second-order valence-electron chi connectivity index (χ2n) is 7.35. The molecular weight excluding hydrogens is 366 g/mol. The lowest BCUT2D eigenvalue weighted by Crippen LogP contribution is -2.28. The van der Waals surface area contributed by atoms with Gasteiger partial charge in [-0.1, -0.05) is 27.2 Å². The third-order valence-corrected chi connectivity index (χ3v) is 6.54. The van der Waals surface area contributed by atoms with Crippen LogP contribution in [0.5, 0.6) is 0 Å². The van der Waals surface area contributed by atoms with Gasteiger partial charge in [0, 0.05) is 11.0 Å². The Morgan fingerprint density at radius 2 is 2.00 bits per heavy atom. The smallest absolute Gasteiger partial charge is 0.341 e. The molecule has 0 aliphatic heterocycles. The van der Waals surface area contributed by atoms with Gasteiger partial charge in [-0.3, -0.25) is 4.79 Å². The van der Waals surface area contributed by atoms with Crippen molar-refractivity contribution in [2.75, 3.05) is 11.9 Å². The van der Waals surface area contributed by atoms with Crippen molar-refractivity contribution in [2.45, 2.75) is 53.4 Å². The van der Waals surface area contributed by atoms with E-state index in [1.165, 1.54) is 11.3 Å². The van der Waals surface area contributed by atoms with E-state index in [2.05, 4.69) is 26.1 Å². The standard InChI is InChI=1S/C20H27NO5S/c1-5-20(3,4)12-7-8-13-14(11-12)27-18(17(13)19(25)26-6-2)21-15(22)9-10-16(23)24/h9-10,12H,5-8,11H2,1-4H3,(H,21,22)(H,23,24)/p-1/b10-9+/t12-/m0/s1. The molecule has 27 heavy (non-hydrogen) atoms. The van der Waals surface area contributed by atoms with Crippen LogP contribution in [-0.4, -0.2) is 24.5 Å². The summed E-state index contributed by atoms with van der Waals surface area (Å²) in [5, 5.41) is 13.5. The Morgan fingerprint density at radius 3 is 2.59 bits per heavy atom. The van der Waals surface area contributed by atoms with Crippen LogP contribution >= 0.6 is 11.3 Å². The van der Waals surface area contributed by atoms with E-state index in [1.54, 1.807) is 6.92 Å². The zero-order valence-electron chi connectivity index (χ0n) is 16.2. The lowest BCUT2D eigenvalue weighted by atomic mass is 9.69. The van der Waals surface area contributed by atoms with Gasteiger partial charge in [0.15, 0.2) is 0 Å². The summed E-state index contributed by atoms with van der Waals surface area (Å²) in [6, 6.07) is 0. The second-order valence-corrected chi connectivity index (χ2v) is 8.46. The van der Waals surface area contributed by atoms with Gasteiger partial charge in [0.2, 0.25) is 5.91 Å². The number of hydrogen-bond acceptors (Lipinski definition) is 6. The zero-order chi connectivity index (χ0) is 20.2. The van der Waals surface area contributed by atoms with E-state index >= 15 is 0 Å². The van der Waals surface area contributed by atoms with Crippen molar-refractivity contribution in [2.24, 2.45) is 11.3 Å². The topological polar surface area (TPSA) is 95.5 Å².